The standard InChI is InChI=1S/C12H16N4O/c1-7-4-3-5-9-8(7)6-10(16(9)2)11(17)15-12(13)14/h3-5,10H,6H2,1-2H3,(H4,13,14,15,17). The molecule has 0 aromatic heterocycles. The molecule has 0 fully saturated rings. The third-order valence-corrected chi connectivity index (χ3v) is 3.15. The normalized spacial score (nSPS) is 17.8. The summed E-state index contributed by atoms with van der Waals surface area (Å²) in [7, 11) is 1.88. The minimum absolute atomic E-state index is 0.184. The zero-order valence-electron chi connectivity index (χ0n) is 9.97. The summed E-state index contributed by atoms with van der Waals surface area (Å²) in [4.78, 5) is 17.4. The summed E-state index contributed by atoms with van der Waals surface area (Å²) in [5, 5.41) is 0. The molecule has 1 heterocycles. The second kappa shape index (κ2) is 4.08. The molecule has 1 aromatic rings. The molecular formula is C12H16N4O. The number of amides is 1. The predicted octanol–water partition coefficient (Wildman–Crippen LogP) is 0.156. The van der Waals surface area contributed by atoms with Gasteiger partial charge in [-0.15, -0.1) is 0 Å². The Morgan fingerprint density at radius 3 is 2.76 bits per heavy atom. The summed E-state index contributed by atoms with van der Waals surface area (Å²) < 4.78 is 0. The van der Waals surface area contributed by atoms with Crippen LogP contribution >= 0.6 is 0 Å². The highest BCUT2D eigenvalue weighted by atomic mass is 16.1. The highest BCUT2D eigenvalue weighted by Gasteiger charge is 2.32. The van der Waals surface area contributed by atoms with E-state index in [2.05, 4.69) is 4.99 Å². The summed E-state index contributed by atoms with van der Waals surface area (Å²) in [6.45, 7) is 2.04. The van der Waals surface area contributed by atoms with Crippen molar-refractivity contribution in [3.8, 4) is 0 Å². The van der Waals surface area contributed by atoms with Crippen molar-refractivity contribution < 1.29 is 4.79 Å². The fourth-order valence-electron chi connectivity index (χ4n) is 2.24. The number of fused-ring (bicyclic) bond motifs is 1. The highest BCUT2D eigenvalue weighted by Crippen LogP contribution is 2.33. The molecule has 1 aromatic carbocycles. The second-order valence-corrected chi connectivity index (χ2v) is 4.28. The number of nitrogens with zero attached hydrogens (tertiary/aromatic N) is 2. The van der Waals surface area contributed by atoms with E-state index >= 15 is 0 Å². The summed E-state index contributed by atoms with van der Waals surface area (Å²) in [5.74, 6) is -0.473. The summed E-state index contributed by atoms with van der Waals surface area (Å²) in [6, 6.07) is 5.73. The van der Waals surface area contributed by atoms with Gasteiger partial charge in [0, 0.05) is 19.2 Å². The minimum Gasteiger partial charge on any atom is -0.370 e. The average molecular weight is 232 g/mol. The topological polar surface area (TPSA) is 84.7 Å². The molecule has 0 saturated heterocycles. The lowest BCUT2D eigenvalue weighted by Gasteiger charge is -2.19. The van der Waals surface area contributed by atoms with E-state index in [4.69, 9.17) is 11.5 Å². The van der Waals surface area contributed by atoms with E-state index in [0.717, 1.165) is 5.69 Å². The molecule has 17 heavy (non-hydrogen) atoms. The van der Waals surface area contributed by atoms with Crippen LogP contribution < -0.4 is 16.4 Å². The monoisotopic (exact) mass is 232 g/mol. The zero-order chi connectivity index (χ0) is 12.6. The van der Waals surface area contributed by atoms with E-state index in [-0.39, 0.29) is 17.9 Å². The number of likely N-dealkylation sites (N-methyl/N-ethyl adjacent to an activating group) is 1. The Hall–Kier alpha value is -2.04. The largest absolute Gasteiger partial charge is 0.370 e. The van der Waals surface area contributed by atoms with Gasteiger partial charge in [-0.2, -0.15) is 4.99 Å². The van der Waals surface area contributed by atoms with Crippen LogP contribution in [0.15, 0.2) is 23.2 Å². The van der Waals surface area contributed by atoms with Gasteiger partial charge < -0.3 is 16.4 Å². The summed E-state index contributed by atoms with van der Waals surface area (Å²) in [5.41, 5.74) is 13.9. The molecule has 1 aliphatic heterocycles. The van der Waals surface area contributed by atoms with Crippen molar-refractivity contribution in [3.05, 3.63) is 29.3 Å². The van der Waals surface area contributed by atoms with E-state index in [0.29, 0.717) is 6.42 Å². The molecule has 1 atom stereocenters. The molecule has 0 bridgehead atoms. The number of anilines is 1. The van der Waals surface area contributed by atoms with Gasteiger partial charge in [-0.05, 0) is 24.1 Å². The minimum atomic E-state index is -0.298. The van der Waals surface area contributed by atoms with E-state index in [9.17, 15) is 4.79 Å². The predicted molar refractivity (Wildman–Crippen MR) is 67.9 cm³/mol. The summed E-state index contributed by atoms with van der Waals surface area (Å²) >= 11 is 0. The van der Waals surface area contributed by atoms with Gasteiger partial charge in [0.25, 0.3) is 5.91 Å². The molecule has 2 rings (SSSR count). The molecule has 4 N–H and O–H groups in total. The fourth-order valence-corrected chi connectivity index (χ4v) is 2.24. The van der Waals surface area contributed by atoms with Crippen LogP contribution in [0.3, 0.4) is 0 Å². The molecule has 0 spiro atoms. The van der Waals surface area contributed by atoms with Gasteiger partial charge in [0.05, 0.1) is 0 Å². The van der Waals surface area contributed by atoms with Crippen LogP contribution in [0.2, 0.25) is 0 Å². The van der Waals surface area contributed by atoms with Crippen LogP contribution in [-0.4, -0.2) is 25.0 Å². The van der Waals surface area contributed by atoms with Gasteiger partial charge in [0.15, 0.2) is 5.96 Å². The number of hydrogen-bond acceptors (Lipinski definition) is 2. The van der Waals surface area contributed by atoms with Gasteiger partial charge in [0.1, 0.15) is 6.04 Å². The zero-order valence-corrected chi connectivity index (χ0v) is 9.97. The Kier molecular flexibility index (Phi) is 2.75. The van der Waals surface area contributed by atoms with Crippen LogP contribution in [0.25, 0.3) is 0 Å². The number of carbonyl (C=O) groups excluding carboxylic acids is 1. The van der Waals surface area contributed by atoms with Gasteiger partial charge >= 0.3 is 0 Å². The van der Waals surface area contributed by atoms with Crippen molar-refractivity contribution in [1.82, 2.24) is 0 Å². The lowest BCUT2D eigenvalue weighted by molar-refractivity contribution is -0.118. The highest BCUT2D eigenvalue weighted by molar-refractivity contribution is 5.97. The second-order valence-electron chi connectivity index (χ2n) is 4.28. The maximum absolute atomic E-state index is 11.9. The SMILES string of the molecule is Cc1cccc2c1CC(C(=O)N=C(N)N)N2C. The smallest absolute Gasteiger partial charge is 0.271 e. The molecule has 1 unspecified atom stereocenters. The third kappa shape index (κ3) is 1.95. The van der Waals surface area contributed by atoms with Gasteiger partial charge in [-0.25, -0.2) is 0 Å². The van der Waals surface area contributed by atoms with Crippen LogP contribution in [0.1, 0.15) is 11.1 Å². The average Bonchev–Trinajstić information content (AvgIpc) is 2.57. The Balaban J connectivity index is 2.31. The Bertz CT molecular complexity index is 491. The van der Waals surface area contributed by atoms with Gasteiger partial charge in [-0.3, -0.25) is 4.79 Å². The van der Waals surface area contributed by atoms with Gasteiger partial charge in [0.2, 0.25) is 0 Å². The Labute approximate surface area is 100 Å². The molecule has 0 saturated carbocycles. The number of nitrogens with two attached hydrogens (primary N) is 2. The Morgan fingerprint density at radius 1 is 1.47 bits per heavy atom. The first-order chi connectivity index (χ1) is 8.00. The molecule has 90 valence electrons. The lowest BCUT2D eigenvalue weighted by atomic mass is 10.0. The molecule has 5 nitrogen and oxygen atoms in total. The maximum atomic E-state index is 11.9. The number of hydrogen-bond donors (Lipinski definition) is 2. The van der Waals surface area contributed by atoms with Crippen molar-refractivity contribution >= 4 is 17.6 Å². The number of aliphatic imine (C=N–C) groups is 1. The summed E-state index contributed by atoms with van der Waals surface area (Å²) in [6.07, 6.45) is 0.661. The van der Waals surface area contributed by atoms with Crippen LogP contribution in [0.4, 0.5) is 5.69 Å². The number of benzene rings is 1. The first-order valence-corrected chi connectivity index (χ1v) is 5.45. The van der Waals surface area contributed by atoms with E-state index in [1.165, 1.54) is 11.1 Å². The number of rotatable bonds is 1. The molecular weight excluding hydrogens is 216 g/mol. The molecule has 1 aliphatic rings. The van der Waals surface area contributed by atoms with Crippen molar-refractivity contribution in [2.24, 2.45) is 16.5 Å². The Morgan fingerprint density at radius 2 is 2.18 bits per heavy atom. The number of guanidine groups is 1. The van der Waals surface area contributed by atoms with Crippen molar-refractivity contribution in [2.45, 2.75) is 19.4 Å². The van der Waals surface area contributed by atoms with E-state index in [1.54, 1.807) is 0 Å². The van der Waals surface area contributed by atoms with Crippen LogP contribution in [0, 0.1) is 6.92 Å². The quantitative estimate of drug-likeness (QED) is 0.533. The van der Waals surface area contributed by atoms with Gasteiger partial charge in [-0.1, -0.05) is 12.1 Å². The van der Waals surface area contributed by atoms with E-state index < -0.39 is 0 Å². The first-order valence-electron chi connectivity index (χ1n) is 5.45. The molecule has 5 heteroatoms. The number of aryl methyl sites for hydroxylation is 1. The lowest BCUT2D eigenvalue weighted by Crippen LogP contribution is -2.37. The van der Waals surface area contributed by atoms with Crippen LogP contribution in [0.5, 0.6) is 0 Å². The van der Waals surface area contributed by atoms with Crippen molar-refractivity contribution in [3.63, 3.8) is 0 Å². The maximum Gasteiger partial charge on any atom is 0.271 e. The third-order valence-electron chi connectivity index (χ3n) is 3.15. The van der Waals surface area contributed by atoms with E-state index in [1.807, 2.05) is 37.1 Å². The van der Waals surface area contributed by atoms with Crippen LogP contribution in [-0.2, 0) is 11.2 Å². The van der Waals surface area contributed by atoms with Crippen molar-refractivity contribution in [2.75, 3.05) is 11.9 Å². The fraction of sp³-hybridized carbons (Fsp3) is 0.333. The molecule has 0 aliphatic carbocycles. The van der Waals surface area contributed by atoms with Crippen molar-refractivity contribution in [1.29, 1.82) is 0 Å². The molecule has 0 radical (unpaired) electrons. The first kappa shape index (κ1) is 11.4. The number of carbonyl (C=O) groups is 1. The molecule has 1 amide bonds.